The lowest BCUT2D eigenvalue weighted by molar-refractivity contribution is 0.185. The molecule has 0 saturated heterocycles. The van der Waals surface area contributed by atoms with Gasteiger partial charge in [0.25, 0.3) is 0 Å². The van der Waals surface area contributed by atoms with E-state index in [4.69, 9.17) is 14.2 Å². The van der Waals surface area contributed by atoms with Crippen LogP contribution in [0.4, 0.5) is 10.5 Å². The van der Waals surface area contributed by atoms with Crippen molar-refractivity contribution in [2.45, 2.75) is 39.5 Å². The lowest BCUT2D eigenvalue weighted by Crippen LogP contribution is -2.31. The number of nitrogens with one attached hydrogen (secondary N) is 2. The van der Waals surface area contributed by atoms with Gasteiger partial charge in [-0.15, -0.1) is 0 Å². The summed E-state index contributed by atoms with van der Waals surface area (Å²) in [5.41, 5.74) is 2.56. The molecule has 0 aromatic heterocycles. The number of para-hydroxylation sites is 1. The van der Waals surface area contributed by atoms with Crippen molar-refractivity contribution >= 4 is 11.7 Å². The number of carbonyl (C=O) groups is 1. The fraction of sp³-hybridized carbons (Fsp3) is 0.381. The first-order chi connectivity index (χ1) is 12.9. The number of benzene rings is 2. The van der Waals surface area contributed by atoms with E-state index in [1.54, 1.807) is 14.2 Å². The Morgan fingerprint density at radius 1 is 1.04 bits per heavy atom. The maximum atomic E-state index is 12.4. The molecule has 0 bridgehead atoms. The maximum Gasteiger partial charge on any atom is 0.319 e. The van der Waals surface area contributed by atoms with E-state index in [0.29, 0.717) is 18.1 Å². The van der Waals surface area contributed by atoms with Crippen LogP contribution < -0.4 is 20.1 Å². The van der Waals surface area contributed by atoms with Gasteiger partial charge in [0.15, 0.2) is 11.5 Å². The van der Waals surface area contributed by atoms with E-state index in [9.17, 15) is 4.79 Å². The first kappa shape index (κ1) is 20.6. The Labute approximate surface area is 160 Å². The number of carbonyl (C=O) groups excluding carboxylic acids is 1. The van der Waals surface area contributed by atoms with Crippen LogP contribution in [0.3, 0.4) is 0 Å². The summed E-state index contributed by atoms with van der Waals surface area (Å²) < 4.78 is 16.3. The minimum Gasteiger partial charge on any atom is -0.493 e. The standard InChI is InChI=1S/C21H28N2O4/c1-14(2)27-19-11-10-16(12-20(19)26-5)15(3)22-21(24)23-18-9-7-6-8-17(18)13-25-4/h6-12,14-15H,13H2,1-5H3,(H2,22,23,24). The van der Waals surface area contributed by atoms with Crippen LogP contribution >= 0.6 is 0 Å². The molecule has 6 nitrogen and oxygen atoms in total. The Morgan fingerprint density at radius 3 is 2.44 bits per heavy atom. The molecule has 2 aromatic rings. The SMILES string of the molecule is COCc1ccccc1NC(=O)NC(C)c1ccc(OC(C)C)c(OC)c1. The van der Waals surface area contributed by atoms with Gasteiger partial charge in [0.1, 0.15) is 0 Å². The van der Waals surface area contributed by atoms with E-state index in [2.05, 4.69) is 10.6 Å². The highest BCUT2D eigenvalue weighted by molar-refractivity contribution is 5.90. The van der Waals surface area contributed by atoms with Gasteiger partial charge >= 0.3 is 6.03 Å². The number of anilines is 1. The second-order valence-electron chi connectivity index (χ2n) is 6.49. The van der Waals surface area contributed by atoms with E-state index in [1.807, 2.05) is 63.2 Å². The zero-order valence-electron chi connectivity index (χ0n) is 16.5. The van der Waals surface area contributed by atoms with E-state index in [1.165, 1.54) is 0 Å². The van der Waals surface area contributed by atoms with Crippen LogP contribution in [0.15, 0.2) is 42.5 Å². The molecule has 0 fully saturated rings. The quantitative estimate of drug-likeness (QED) is 0.715. The van der Waals surface area contributed by atoms with Crippen LogP contribution in [0.2, 0.25) is 0 Å². The highest BCUT2D eigenvalue weighted by Gasteiger charge is 2.14. The molecule has 0 spiro atoms. The van der Waals surface area contributed by atoms with E-state index in [-0.39, 0.29) is 18.2 Å². The molecule has 27 heavy (non-hydrogen) atoms. The van der Waals surface area contributed by atoms with Gasteiger partial charge in [0.2, 0.25) is 0 Å². The molecule has 1 unspecified atom stereocenters. The lowest BCUT2D eigenvalue weighted by Gasteiger charge is -2.19. The van der Waals surface area contributed by atoms with Gasteiger partial charge in [-0.05, 0) is 44.5 Å². The number of hydrogen-bond donors (Lipinski definition) is 2. The number of urea groups is 1. The highest BCUT2D eigenvalue weighted by atomic mass is 16.5. The number of amides is 2. The average molecular weight is 372 g/mol. The third-order valence-corrected chi connectivity index (χ3v) is 3.96. The molecule has 2 N–H and O–H groups in total. The van der Waals surface area contributed by atoms with Crippen LogP contribution in [-0.2, 0) is 11.3 Å². The van der Waals surface area contributed by atoms with Crippen molar-refractivity contribution in [1.82, 2.24) is 5.32 Å². The largest absolute Gasteiger partial charge is 0.493 e. The van der Waals surface area contributed by atoms with Crippen LogP contribution in [-0.4, -0.2) is 26.4 Å². The van der Waals surface area contributed by atoms with Crippen molar-refractivity contribution in [2.75, 3.05) is 19.5 Å². The predicted octanol–water partition coefficient (Wildman–Crippen LogP) is 4.51. The number of rotatable bonds is 8. The molecular formula is C21H28N2O4. The van der Waals surface area contributed by atoms with Crippen LogP contribution in [0, 0.1) is 0 Å². The van der Waals surface area contributed by atoms with Gasteiger partial charge in [-0.3, -0.25) is 0 Å². The van der Waals surface area contributed by atoms with Crippen LogP contribution in [0.1, 0.15) is 37.9 Å². The molecular weight excluding hydrogens is 344 g/mol. The summed E-state index contributed by atoms with van der Waals surface area (Å²) in [6.07, 6.45) is 0.0539. The third kappa shape index (κ3) is 5.89. The van der Waals surface area contributed by atoms with Crippen LogP contribution in [0.5, 0.6) is 11.5 Å². The molecule has 2 aromatic carbocycles. The van der Waals surface area contributed by atoms with Gasteiger partial charge in [0.05, 0.1) is 25.9 Å². The first-order valence-electron chi connectivity index (χ1n) is 8.93. The molecule has 0 saturated carbocycles. The Hall–Kier alpha value is -2.73. The van der Waals surface area contributed by atoms with Gasteiger partial charge in [-0.25, -0.2) is 4.79 Å². The summed E-state index contributed by atoms with van der Waals surface area (Å²) in [4.78, 5) is 12.4. The summed E-state index contributed by atoms with van der Waals surface area (Å²) in [7, 11) is 3.23. The van der Waals surface area contributed by atoms with Crippen molar-refractivity contribution in [3.05, 3.63) is 53.6 Å². The Morgan fingerprint density at radius 2 is 1.78 bits per heavy atom. The molecule has 2 amide bonds. The summed E-state index contributed by atoms with van der Waals surface area (Å²) in [5.74, 6) is 1.32. The third-order valence-electron chi connectivity index (χ3n) is 3.96. The average Bonchev–Trinajstić information content (AvgIpc) is 2.63. The van der Waals surface area contributed by atoms with Crippen molar-refractivity contribution < 1.29 is 19.0 Å². The number of hydrogen-bond acceptors (Lipinski definition) is 4. The van der Waals surface area contributed by atoms with Gasteiger partial charge in [-0.1, -0.05) is 24.3 Å². The van der Waals surface area contributed by atoms with Crippen LogP contribution in [0.25, 0.3) is 0 Å². The summed E-state index contributed by atoms with van der Waals surface area (Å²) in [6.45, 7) is 6.27. The molecule has 0 aliphatic rings. The smallest absolute Gasteiger partial charge is 0.319 e. The van der Waals surface area contributed by atoms with Gasteiger partial charge < -0.3 is 24.8 Å². The van der Waals surface area contributed by atoms with Crippen molar-refractivity contribution in [3.63, 3.8) is 0 Å². The molecule has 0 radical (unpaired) electrons. The van der Waals surface area contributed by atoms with Gasteiger partial charge in [0, 0.05) is 18.4 Å². The zero-order chi connectivity index (χ0) is 19.8. The topological polar surface area (TPSA) is 68.8 Å². The molecule has 1 atom stereocenters. The summed E-state index contributed by atoms with van der Waals surface area (Å²) in [5, 5.41) is 5.81. The molecule has 2 rings (SSSR count). The lowest BCUT2D eigenvalue weighted by atomic mass is 10.1. The van der Waals surface area contributed by atoms with Crippen molar-refractivity contribution in [3.8, 4) is 11.5 Å². The van der Waals surface area contributed by atoms with E-state index < -0.39 is 0 Å². The fourth-order valence-electron chi connectivity index (χ4n) is 2.67. The summed E-state index contributed by atoms with van der Waals surface area (Å²) in [6, 6.07) is 12.7. The van der Waals surface area contributed by atoms with Gasteiger partial charge in [-0.2, -0.15) is 0 Å². The van der Waals surface area contributed by atoms with E-state index in [0.717, 1.165) is 16.8 Å². The first-order valence-corrected chi connectivity index (χ1v) is 8.93. The minimum absolute atomic E-state index is 0.0539. The molecule has 0 aliphatic carbocycles. The molecule has 0 aliphatic heterocycles. The highest BCUT2D eigenvalue weighted by Crippen LogP contribution is 2.31. The Bertz CT molecular complexity index is 762. The van der Waals surface area contributed by atoms with Crippen molar-refractivity contribution in [2.24, 2.45) is 0 Å². The molecule has 146 valence electrons. The van der Waals surface area contributed by atoms with E-state index >= 15 is 0 Å². The Kier molecular flexibility index (Phi) is 7.49. The number of methoxy groups -OCH3 is 2. The predicted molar refractivity (Wildman–Crippen MR) is 106 cm³/mol. The maximum absolute atomic E-state index is 12.4. The summed E-state index contributed by atoms with van der Waals surface area (Å²) >= 11 is 0. The number of ether oxygens (including phenoxy) is 3. The second kappa shape index (κ2) is 9.83. The second-order valence-corrected chi connectivity index (χ2v) is 6.49. The molecule has 6 heteroatoms. The Balaban J connectivity index is 2.06. The fourth-order valence-corrected chi connectivity index (χ4v) is 2.67. The zero-order valence-corrected chi connectivity index (χ0v) is 16.5. The van der Waals surface area contributed by atoms with Crippen molar-refractivity contribution in [1.29, 1.82) is 0 Å². The minimum atomic E-state index is -0.285. The normalized spacial score (nSPS) is 11.8. The monoisotopic (exact) mass is 372 g/mol. The molecule has 0 heterocycles.